The fourth-order valence-electron chi connectivity index (χ4n) is 10.3. The summed E-state index contributed by atoms with van der Waals surface area (Å²) in [5.41, 5.74) is 9.73. The molecule has 14 nitrogen and oxygen atoms in total. The molecule has 2 saturated heterocycles. The number of nitrogens with zero attached hydrogens (tertiary/aromatic N) is 4. The van der Waals surface area contributed by atoms with Crippen LogP contribution >= 0.6 is 0 Å². The van der Waals surface area contributed by atoms with E-state index in [-0.39, 0.29) is 48.5 Å². The van der Waals surface area contributed by atoms with Crippen LogP contribution in [0.3, 0.4) is 0 Å². The average Bonchev–Trinajstić information content (AvgIpc) is 3.89. The number of aromatic hydroxyl groups is 1. The van der Waals surface area contributed by atoms with Crippen LogP contribution in [0, 0.1) is 23.2 Å². The fourth-order valence-corrected chi connectivity index (χ4v) is 10.3. The normalized spacial score (nSPS) is 22.4. The van der Waals surface area contributed by atoms with Crippen molar-refractivity contribution in [3.8, 4) is 28.1 Å². The van der Waals surface area contributed by atoms with Crippen molar-refractivity contribution in [1.82, 2.24) is 35.5 Å². The number of benzene rings is 2. The number of likely N-dealkylation sites (N-methyl/N-ethyl adjacent to an activating group) is 1. The number of nitrogens with one attached hydrogen (secondary N) is 3. The van der Waals surface area contributed by atoms with Gasteiger partial charge in [0.1, 0.15) is 23.9 Å². The maximum atomic E-state index is 14.7. The molecule has 0 aliphatic carbocycles. The molecule has 3 amide bonds. The lowest BCUT2D eigenvalue weighted by Gasteiger charge is -2.37. The molecule has 0 saturated carbocycles. The summed E-state index contributed by atoms with van der Waals surface area (Å²) in [7, 11) is 3.34. The molecule has 6 bridgehead atoms. The number of methoxy groups -OCH3 is 1. The van der Waals surface area contributed by atoms with Crippen molar-refractivity contribution in [2.45, 2.75) is 124 Å². The van der Waals surface area contributed by atoms with E-state index in [1.54, 1.807) is 32.5 Å². The second kappa shape index (κ2) is 19.7. The number of phenolic OH excluding ortho intramolecular Hbond substituents is 1. The van der Waals surface area contributed by atoms with Gasteiger partial charge < -0.3 is 34.7 Å². The predicted molar refractivity (Wildman–Crippen MR) is 251 cm³/mol. The maximum absolute atomic E-state index is 14.7. The molecule has 2 fully saturated rings. The third-order valence-electron chi connectivity index (χ3n) is 13.7. The van der Waals surface area contributed by atoms with Crippen LogP contribution < -0.4 is 16.1 Å². The largest absolute Gasteiger partial charge is 0.508 e. The first-order valence-corrected chi connectivity index (χ1v) is 23.4. The molecule has 14 heteroatoms. The van der Waals surface area contributed by atoms with Crippen LogP contribution in [0.4, 0.5) is 0 Å². The Kier molecular flexibility index (Phi) is 14.4. The van der Waals surface area contributed by atoms with Crippen molar-refractivity contribution in [2.24, 2.45) is 23.2 Å². The number of rotatable bonds is 10. The number of aromatic nitrogens is 2. The molecule has 4 N–H and O–H groups in total. The smallest absolute Gasteiger partial charge is 0.324 e. The third kappa shape index (κ3) is 9.95. The number of cyclic esters (lactones) is 1. The minimum atomic E-state index is -1.12. The van der Waals surface area contributed by atoms with E-state index in [1.807, 2.05) is 39.0 Å². The number of hydrazine groups is 1. The topological polar surface area (TPSA) is 167 Å². The van der Waals surface area contributed by atoms with Crippen LogP contribution in [-0.2, 0) is 48.0 Å². The summed E-state index contributed by atoms with van der Waals surface area (Å²) in [6.07, 6.45) is 3.96. The van der Waals surface area contributed by atoms with E-state index in [0.29, 0.717) is 37.9 Å². The van der Waals surface area contributed by atoms with Gasteiger partial charge in [-0.05, 0) is 122 Å². The maximum Gasteiger partial charge on any atom is 0.324 e. The van der Waals surface area contributed by atoms with Gasteiger partial charge in [-0.2, -0.15) is 0 Å². The van der Waals surface area contributed by atoms with E-state index in [2.05, 4.69) is 73.4 Å². The highest BCUT2D eigenvalue weighted by molar-refractivity contribution is 5.96. The van der Waals surface area contributed by atoms with E-state index in [1.165, 1.54) is 9.91 Å². The number of ether oxygens (including phenoxy) is 2. The van der Waals surface area contributed by atoms with E-state index in [9.17, 15) is 24.3 Å². The summed E-state index contributed by atoms with van der Waals surface area (Å²) in [5, 5.41) is 20.2. The van der Waals surface area contributed by atoms with Gasteiger partial charge in [-0.25, -0.2) is 5.43 Å². The number of carbonyl (C=O) groups is 4. The van der Waals surface area contributed by atoms with Crippen LogP contribution in [0.1, 0.15) is 97.6 Å². The minimum Gasteiger partial charge on any atom is -0.508 e. The lowest BCUT2D eigenvalue weighted by molar-refractivity contribution is -0.155. The summed E-state index contributed by atoms with van der Waals surface area (Å²) in [6, 6.07) is 12.4. The molecule has 7 rings (SSSR count). The molecule has 0 spiro atoms. The first kappa shape index (κ1) is 47.6. The van der Waals surface area contributed by atoms with Gasteiger partial charge in [0.05, 0.1) is 30.1 Å². The van der Waals surface area contributed by atoms with Crippen molar-refractivity contribution < 1.29 is 33.8 Å². The number of hydrogen-bond donors (Lipinski definition) is 4. The molecule has 3 aliphatic rings. The molecule has 2 unspecified atom stereocenters. The summed E-state index contributed by atoms with van der Waals surface area (Å²) >= 11 is 0. The molecular formula is C51H69N7O7. The Morgan fingerprint density at radius 2 is 1.83 bits per heavy atom. The van der Waals surface area contributed by atoms with Gasteiger partial charge in [-0.1, -0.05) is 53.7 Å². The number of aryl methyl sites for hydroxylation is 1. The van der Waals surface area contributed by atoms with Gasteiger partial charge >= 0.3 is 5.97 Å². The minimum absolute atomic E-state index is 0.0133. The zero-order valence-corrected chi connectivity index (χ0v) is 39.9. The molecule has 65 heavy (non-hydrogen) atoms. The van der Waals surface area contributed by atoms with Crippen LogP contribution in [0.25, 0.3) is 33.3 Å². The molecule has 5 heterocycles. The van der Waals surface area contributed by atoms with Crippen LogP contribution in [-0.4, -0.2) is 106 Å². The molecule has 2 aromatic carbocycles. The highest BCUT2D eigenvalue weighted by Crippen LogP contribution is 2.42. The summed E-state index contributed by atoms with van der Waals surface area (Å²) in [5.74, 6) is -1.36. The molecular weight excluding hydrogens is 823 g/mol. The van der Waals surface area contributed by atoms with Crippen molar-refractivity contribution in [1.29, 1.82) is 0 Å². The monoisotopic (exact) mass is 892 g/mol. The van der Waals surface area contributed by atoms with Gasteiger partial charge in [0, 0.05) is 61.7 Å². The van der Waals surface area contributed by atoms with Crippen molar-refractivity contribution >= 4 is 34.6 Å². The number of fused-ring (bicyclic) bond motifs is 6. The van der Waals surface area contributed by atoms with Crippen LogP contribution in [0.15, 0.2) is 54.7 Å². The third-order valence-corrected chi connectivity index (χ3v) is 13.7. The highest BCUT2D eigenvalue weighted by Gasteiger charge is 2.42. The van der Waals surface area contributed by atoms with E-state index in [0.717, 1.165) is 57.5 Å². The quantitative estimate of drug-likeness (QED) is 0.128. The lowest BCUT2D eigenvalue weighted by atomic mass is 9.84. The van der Waals surface area contributed by atoms with Crippen molar-refractivity contribution in [2.75, 3.05) is 33.9 Å². The summed E-state index contributed by atoms with van der Waals surface area (Å²) in [4.78, 5) is 63.6. The standard InChI is InChI=1S/C51H69N7O7/c1-11-57-42-17-16-33-26-38(42)39(46(57)37-14-12-19-52-43(37)31(6)64-10)27-51(7,8)28-65-50(63)40-15-13-21-58(55-40)48(61)41(24-32-22-34(33)25-35(59)23-32)54-47(60)45(30(4)5)56(9)49(62)44-36(29(2)3)18-20-53-44/h12,14,16-17,19,22-23,25-26,29-31,36,40-41,44-45,53,55,59H,11,13,15,18,20-21,24,27-28H2,1-10H3,(H,54,60)/t31-,36?,40-,41-,44?,45-/m0/s1. The second-order valence-electron chi connectivity index (χ2n) is 19.8. The van der Waals surface area contributed by atoms with E-state index >= 15 is 0 Å². The zero-order valence-electron chi connectivity index (χ0n) is 39.9. The summed E-state index contributed by atoms with van der Waals surface area (Å²) < 4.78 is 14.2. The van der Waals surface area contributed by atoms with Gasteiger partial charge in [-0.3, -0.25) is 29.2 Å². The Balaban J connectivity index is 1.33. The average molecular weight is 892 g/mol. The van der Waals surface area contributed by atoms with E-state index in [4.69, 9.17) is 14.5 Å². The number of hydrogen-bond acceptors (Lipinski definition) is 10. The first-order chi connectivity index (χ1) is 30.9. The molecule has 350 valence electrons. The lowest BCUT2D eigenvalue weighted by Crippen LogP contribution is -2.62. The Morgan fingerprint density at radius 3 is 2.54 bits per heavy atom. The Bertz CT molecular complexity index is 2410. The number of phenols is 1. The summed E-state index contributed by atoms with van der Waals surface area (Å²) in [6.45, 7) is 18.1. The highest BCUT2D eigenvalue weighted by atomic mass is 16.5. The number of carbonyl (C=O) groups excluding carboxylic acids is 4. The van der Waals surface area contributed by atoms with Crippen LogP contribution in [0.5, 0.6) is 5.75 Å². The molecule has 0 radical (unpaired) electrons. The fraction of sp³-hybridized carbons (Fsp3) is 0.549. The van der Waals surface area contributed by atoms with Crippen LogP contribution in [0.2, 0.25) is 0 Å². The number of pyridine rings is 1. The van der Waals surface area contributed by atoms with Crippen molar-refractivity contribution in [3.05, 3.63) is 71.5 Å². The predicted octanol–water partition coefficient (Wildman–Crippen LogP) is 6.57. The van der Waals surface area contributed by atoms with Gasteiger partial charge in [-0.15, -0.1) is 0 Å². The van der Waals surface area contributed by atoms with Crippen molar-refractivity contribution in [3.63, 3.8) is 0 Å². The first-order valence-electron chi connectivity index (χ1n) is 23.4. The Hall–Kier alpha value is -5.31. The molecule has 2 aromatic heterocycles. The van der Waals surface area contributed by atoms with E-state index < -0.39 is 47.4 Å². The van der Waals surface area contributed by atoms with Gasteiger partial charge in [0.25, 0.3) is 5.91 Å². The van der Waals surface area contributed by atoms with Gasteiger partial charge in [0.15, 0.2) is 0 Å². The SMILES string of the molecule is CCn1c(-c2cccnc2[C@H](C)OC)c2c3cc(ccc31)-c1cc(O)cc(c1)C[C@H](NC(=O)[C@H](C(C)C)N(C)C(=O)C1NCCC1C(C)C)C(=O)N1CCC[C@H](N1)C(=O)OCC(C)(C)C2. The Morgan fingerprint density at radius 1 is 1.06 bits per heavy atom. The molecule has 4 aromatic rings. The number of esters is 1. The van der Waals surface area contributed by atoms with Gasteiger partial charge in [0.2, 0.25) is 11.8 Å². The molecule has 3 aliphatic heterocycles. The Labute approximate surface area is 383 Å². The molecule has 6 atom stereocenters. The number of amides is 3. The zero-order chi connectivity index (χ0) is 46.9. The second-order valence-corrected chi connectivity index (χ2v) is 19.8.